The maximum atomic E-state index is 5.81. The third-order valence-corrected chi connectivity index (χ3v) is 5.07. The predicted molar refractivity (Wildman–Crippen MR) is 84.6 cm³/mol. The molecule has 2 N–H and O–H groups in total. The molecule has 3 nitrogen and oxygen atoms in total. The summed E-state index contributed by atoms with van der Waals surface area (Å²) in [5, 5.41) is 0. The average Bonchev–Trinajstić information content (AvgIpc) is 2.93. The monoisotopic (exact) mass is 323 g/mol. The van der Waals surface area contributed by atoms with Crippen LogP contribution in [-0.4, -0.2) is 37.1 Å². The van der Waals surface area contributed by atoms with Gasteiger partial charge >= 0.3 is 0 Å². The lowest BCUT2D eigenvalue weighted by atomic mass is 10.0. The number of piperidine rings is 1. The van der Waals surface area contributed by atoms with Crippen LogP contribution in [0.1, 0.15) is 25.7 Å². The maximum Gasteiger partial charge on any atom is 0.0512 e. The van der Waals surface area contributed by atoms with Crippen LogP contribution in [0.3, 0.4) is 0 Å². The van der Waals surface area contributed by atoms with Gasteiger partial charge in [0.15, 0.2) is 0 Å². The van der Waals surface area contributed by atoms with Crippen LogP contribution in [0, 0.1) is 0 Å². The zero-order chi connectivity index (χ0) is 13.2. The van der Waals surface area contributed by atoms with Gasteiger partial charge in [0.1, 0.15) is 0 Å². The number of hydrogen-bond acceptors (Lipinski definition) is 3. The Balaban J connectivity index is 1.63. The summed E-state index contributed by atoms with van der Waals surface area (Å²) in [6.07, 6.45) is 5.36. The number of likely N-dealkylation sites (tertiary alicyclic amines) is 1. The first kappa shape index (κ1) is 13.3. The molecule has 1 aromatic rings. The average molecular weight is 324 g/mol. The van der Waals surface area contributed by atoms with E-state index in [1.165, 1.54) is 44.5 Å². The van der Waals surface area contributed by atoms with E-state index in [0.717, 1.165) is 29.3 Å². The van der Waals surface area contributed by atoms with Crippen molar-refractivity contribution in [2.24, 2.45) is 0 Å². The van der Waals surface area contributed by atoms with Gasteiger partial charge in [-0.2, -0.15) is 0 Å². The molecule has 0 amide bonds. The molecule has 2 saturated heterocycles. The second-order valence-electron chi connectivity index (χ2n) is 5.67. The number of nitrogens with two attached hydrogens (primary N) is 1. The van der Waals surface area contributed by atoms with E-state index in [0.29, 0.717) is 0 Å². The van der Waals surface area contributed by atoms with Crippen LogP contribution in [0.2, 0.25) is 0 Å². The van der Waals surface area contributed by atoms with Gasteiger partial charge in [-0.15, -0.1) is 0 Å². The molecular weight excluding hydrogens is 302 g/mol. The summed E-state index contributed by atoms with van der Waals surface area (Å²) in [6.45, 7) is 4.94. The quantitative estimate of drug-likeness (QED) is 0.849. The molecule has 2 aliphatic heterocycles. The van der Waals surface area contributed by atoms with Crippen molar-refractivity contribution in [3.05, 3.63) is 22.7 Å². The summed E-state index contributed by atoms with van der Waals surface area (Å²) in [6, 6.07) is 6.94. The lowest BCUT2D eigenvalue weighted by molar-refractivity contribution is 0.208. The first-order valence-electron chi connectivity index (χ1n) is 7.28. The fourth-order valence-corrected chi connectivity index (χ4v) is 4.01. The highest BCUT2D eigenvalue weighted by atomic mass is 79.9. The van der Waals surface area contributed by atoms with Gasteiger partial charge in [0.2, 0.25) is 0 Å². The summed E-state index contributed by atoms with van der Waals surface area (Å²) < 4.78 is 1.12. The Kier molecular flexibility index (Phi) is 3.99. The largest absolute Gasteiger partial charge is 0.399 e. The molecule has 4 heteroatoms. The third kappa shape index (κ3) is 2.90. The normalized spacial score (nSPS) is 22.1. The van der Waals surface area contributed by atoms with Gasteiger partial charge in [-0.25, -0.2) is 0 Å². The van der Waals surface area contributed by atoms with E-state index in [-0.39, 0.29) is 0 Å². The van der Waals surface area contributed by atoms with E-state index in [9.17, 15) is 0 Å². The number of nitrogen functional groups attached to an aromatic ring is 1. The van der Waals surface area contributed by atoms with Gasteiger partial charge in [-0.1, -0.05) is 0 Å². The van der Waals surface area contributed by atoms with Crippen molar-refractivity contribution in [1.29, 1.82) is 0 Å². The lowest BCUT2D eigenvalue weighted by Gasteiger charge is -2.38. The van der Waals surface area contributed by atoms with Gasteiger partial charge in [0.05, 0.1) is 5.69 Å². The molecule has 0 saturated carbocycles. The molecule has 3 rings (SSSR count). The van der Waals surface area contributed by atoms with Crippen molar-refractivity contribution in [2.75, 3.05) is 36.8 Å². The van der Waals surface area contributed by atoms with Crippen LogP contribution in [0.5, 0.6) is 0 Å². The van der Waals surface area contributed by atoms with E-state index >= 15 is 0 Å². The van der Waals surface area contributed by atoms with Gasteiger partial charge in [0.25, 0.3) is 0 Å². The van der Waals surface area contributed by atoms with Crippen molar-refractivity contribution in [2.45, 2.75) is 31.7 Å². The minimum absolute atomic E-state index is 0.811. The Morgan fingerprint density at radius 1 is 1.05 bits per heavy atom. The summed E-state index contributed by atoms with van der Waals surface area (Å²) in [5.74, 6) is 0. The molecule has 0 aliphatic carbocycles. The van der Waals surface area contributed by atoms with Crippen LogP contribution in [-0.2, 0) is 0 Å². The van der Waals surface area contributed by atoms with Gasteiger partial charge in [-0.05, 0) is 72.9 Å². The highest BCUT2D eigenvalue weighted by Crippen LogP contribution is 2.31. The Morgan fingerprint density at radius 3 is 2.37 bits per heavy atom. The number of halogens is 1. The third-order valence-electron chi connectivity index (χ3n) is 4.43. The summed E-state index contributed by atoms with van der Waals surface area (Å²) in [7, 11) is 0. The Labute approximate surface area is 123 Å². The highest BCUT2D eigenvalue weighted by Gasteiger charge is 2.26. The molecule has 0 unspecified atom stereocenters. The standard InChI is InChI=1S/C15H22BrN3/c16-14-11-12(17)3-4-15(14)19-9-5-13(6-10-19)18-7-1-2-8-18/h3-4,11,13H,1-2,5-10,17H2. The Hall–Kier alpha value is -0.740. The zero-order valence-corrected chi connectivity index (χ0v) is 12.9. The first-order valence-corrected chi connectivity index (χ1v) is 8.07. The SMILES string of the molecule is Nc1ccc(N2CCC(N3CCCC3)CC2)c(Br)c1. The Morgan fingerprint density at radius 2 is 1.74 bits per heavy atom. The molecule has 19 heavy (non-hydrogen) atoms. The lowest BCUT2D eigenvalue weighted by Crippen LogP contribution is -2.43. The van der Waals surface area contributed by atoms with Crippen molar-refractivity contribution < 1.29 is 0 Å². The molecule has 0 bridgehead atoms. The molecular formula is C15H22BrN3. The minimum Gasteiger partial charge on any atom is -0.399 e. The minimum atomic E-state index is 0.811. The highest BCUT2D eigenvalue weighted by molar-refractivity contribution is 9.10. The van der Waals surface area contributed by atoms with Crippen LogP contribution >= 0.6 is 15.9 Å². The fourth-order valence-electron chi connectivity index (χ4n) is 3.36. The van der Waals surface area contributed by atoms with Gasteiger partial charge in [-0.3, -0.25) is 0 Å². The molecule has 0 aromatic heterocycles. The van der Waals surface area contributed by atoms with Crippen molar-refractivity contribution in [1.82, 2.24) is 4.90 Å². The van der Waals surface area contributed by atoms with E-state index in [2.05, 4.69) is 31.8 Å². The topological polar surface area (TPSA) is 32.5 Å². The van der Waals surface area contributed by atoms with E-state index < -0.39 is 0 Å². The van der Waals surface area contributed by atoms with E-state index in [4.69, 9.17) is 5.73 Å². The van der Waals surface area contributed by atoms with Gasteiger partial charge < -0.3 is 15.5 Å². The second-order valence-corrected chi connectivity index (χ2v) is 6.53. The number of hydrogen-bond donors (Lipinski definition) is 1. The van der Waals surface area contributed by atoms with Crippen LogP contribution < -0.4 is 10.6 Å². The summed E-state index contributed by atoms with van der Waals surface area (Å²) in [5.41, 5.74) is 7.91. The summed E-state index contributed by atoms with van der Waals surface area (Å²) in [4.78, 5) is 5.17. The van der Waals surface area contributed by atoms with Crippen LogP contribution in [0.25, 0.3) is 0 Å². The zero-order valence-electron chi connectivity index (χ0n) is 11.3. The molecule has 2 fully saturated rings. The fraction of sp³-hybridized carbons (Fsp3) is 0.600. The number of nitrogens with zero attached hydrogens (tertiary/aromatic N) is 2. The molecule has 1 aromatic carbocycles. The number of rotatable bonds is 2. The maximum absolute atomic E-state index is 5.81. The van der Waals surface area contributed by atoms with Gasteiger partial charge in [0, 0.05) is 29.3 Å². The number of anilines is 2. The van der Waals surface area contributed by atoms with Crippen molar-refractivity contribution >= 4 is 27.3 Å². The first-order chi connectivity index (χ1) is 9.24. The molecule has 0 spiro atoms. The summed E-state index contributed by atoms with van der Waals surface area (Å²) >= 11 is 3.63. The van der Waals surface area contributed by atoms with Crippen LogP contribution in [0.4, 0.5) is 11.4 Å². The smallest absolute Gasteiger partial charge is 0.0512 e. The molecule has 2 aliphatic rings. The Bertz CT molecular complexity index is 435. The van der Waals surface area contributed by atoms with E-state index in [1.807, 2.05) is 12.1 Å². The second kappa shape index (κ2) is 5.71. The molecule has 104 valence electrons. The van der Waals surface area contributed by atoms with Crippen molar-refractivity contribution in [3.8, 4) is 0 Å². The predicted octanol–water partition coefficient (Wildman–Crippen LogP) is 3.10. The van der Waals surface area contributed by atoms with Crippen molar-refractivity contribution in [3.63, 3.8) is 0 Å². The number of benzene rings is 1. The van der Waals surface area contributed by atoms with Crippen LogP contribution in [0.15, 0.2) is 22.7 Å². The molecule has 0 atom stereocenters. The molecule has 2 heterocycles. The molecule has 0 radical (unpaired) electrons. The van der Waals surface area contributed by atoms with E-state index in [1.54, 1.807) is 0 Å².